The number of hydrogen-bond acceptors (Lipinski definition) is 8. The molecular weight excluding hydrogens is 502 g/mol. The van der Waals surface area contributed by atoms with Crippen LogP contribution in [-0.2, 0) is 10.0 Å². The number of rotatable bonds is 8. The molecule has 0 aliphatic rings. The lowest BCUT2D eigenvalue weighted by Gasteiger charge is -2.13. The third-order valence-electron chi connectivity index (χ3n) is 4.92. The first-order valence-electron chi connectivity index (χ1n) is 10.9. The predicted octanol–water partition coefficient (Wildman–Crippen LogP) is 4.76. The van der Waals surface area contributed by atoms with Gasteiger partial charge in [-0.3, -0.25) is 4.79 Å². The molecule has 0 saturated carbocycles. The zero-order valence-corrected chi connectivity index (χ0v) is 21.0. The van der Waals surface area contributed by atoms with Crippen LogP contribution < -0.4 is 14.8 Å². The van der Waals surface area contributed by atoms with Crippen LogP contribution >= 0.6 is 11.6 Å². The molecule has 9 nitrogen and oxygen atoms in total. The van der Waals surface area contributed by atoms with Crippen LogP contribution in [0.5, 0.6) is 5.88 Å². The quantitative estimate of drug-likeness (QED) is 0.317. The predicted molar refractivity (Wildman–Crippen MR) is 137 cm³/mol. The van der Waals surface area contributed by atoms with Gasteiger partial charge in [0, 0.05) is 18.0 Å². The van der Waals surface area contributed by atoms with Crippen molar-refractivity contribution in [2.24, 2.45) is 0 Å². The van der Waals surface area contributed by atoms with Gasteiger partial charge >= 0.3 is 0 Å². The number of anilines is 2. The molecule has 4 rings (SSSR count). The number of aromatic nitrogens is 3. The van der Waals surface area contributed by atoms with Crippen LogP contribution in [0.3, 0.4) is 0 Å². The number of nitrogens with zero attached hydrogens (tertiary/aromatic N) is 3. The van der Waals surface area contributed by atoms with Gasteiger partial charge in [-0.15, -0.1) is 0 Å². The fraction of sp³-hybridized carbons (Fsp3) is 0.120. The Labute approximate surface area is 213 Å². The van der Waals surface area contributed by atoms with E-state index in [0.29, 0.717) is 29.6 Å². The Morgan fingerprint density at radius 3 is 2.50 bits per heavy atom. The van der Waals surface area contributed by atoms with Crippen LogP contribution in [0.2, 0.25) is 5.15 Å². The molecule has 0 fully saturated rings. The molecule has 3 aromatic heterocycles. The number of amides is 1. The molecule has 0 saturated heterocycles. The van der Waals surface area contributed by atoms with Gasteiger partial charge in [-0.1, -0.05) is 29.8 Å². The number of carbonyl (C=O) groups is 1. The third kappa shape index (κ3) is 5.78. The summed E-state index contributed by atoms with van der Waals surface area (Å²) in [4.78, 5) is 25.4. The lowest BCUT2D eigenvalue weighted by atomic mass is 10.1. The average molecular weight is 524 g/mol. The van der Waals surface area contributed by atoms with Gasteiger partial charge in [0.15, 0.2) is 5.82 Å². The minimum absolute atomic E-state index is 0.0687. The molecule has 0 aliphatic heterocycles. The number of benzene rings is 1. The Balaban J connectivity index is 1.58. The van der Waals surface area contributed by atoms with E-state index >= 15 is 0 Å². The van der Waals surface area contributed by atoms with Crippen LogP contribution in [0.25, 0.3) is 11.4 Å². The number of ether oxygens (including phenoxy) is 1. The summed E-state index contributed by atoms with van der Waals surface area (Å²) in [5.74, 6) is -0.422. The first kappa shape index (κ1) is 25.1. The van der Waals surface area contributed by atoms with E-state index in [4.69, 9.17) is 16.3 Å². The fourth-order valence-corrected chi connectivity index (χ4v) is 4.65. The lowest BCUT2D eigenvalue weighted by molar-refractivity contribution is 0.0981. The Morgan fingerprint density at radius 2 is 1.78 bits per heavy atom. The minimum Gasteiger partial charge on any atom is -0.478 e. The summed E-state index contributed by atoms with van der Waals surface area (Å²) < 4.78 is 33.6. The molecule has 1 aromatic carbocycles. The maximum atomic E-state index is 13.1. The van der Waals surface area contributed by atoms with Crippen molar-refractivity contribution in [1.29, 1.82) is 0 Å². The van der Waals surface area contributed by atoms with Gasteiger partial charge in [-0.05, 0) is 61.9 Å². The molecule has 4 aromatic rings. The van der Waals surface area contributed by atoms with E-state index in [1.165, 1.54) is 30.5 Å². The van der Waals surface area contributed by atoms with E-state index < -0.39 is 15.9 Å². The maximum absolute atomic E-state index is 13.1. The molecule has 184 valence electrons. The number of sulfonamides is 1. The van der Waals surface area contributed by atoms with E-state index in [2.05, 4.69) is 20.3 Å². The summed E-state index contributed by atoms with van der Waals surface area (Å²) in [7, 11) is -4.29. The van der Waals surface area contributed by atoms with E-state index in [-0.39, 0.29) is 21.4 Å². The molecule has 11 heteroatoms. The van der Waals surface area contributed by atoms with Crippen molar-refractivity contribution in [1.82, 2.24) is 19.7 Å². The SMILES string of the molecule is CCOc1cc(C)cc(-c2ccc(C(=O)NS(=O)(=O)c3cccnc3Nc3ccccc3)c(Cl)n2)n1. The average Bonchev–Trinajstić information content (AvgIpc) is 2.84. The Hall–Kier alpha value is -4.02. The lowest BCUT2D eigenvalue weighted by Crippen LogP contribution is -2.31. The Morgan fingerprint density at radius 1 is 1.00 bits per heavy atom. The summed E-state index contributed by atoms with van der Waals surface area (Å²) in [5.41, 5.74) is 2.35. The molecule has 1 amide bonds. The van der Waals surface area contributed by atoms with Crippen molar-refractivity contribution in [3.8, 4) is 17.3 Å². The Kier molecular flexibility index (Phi) is 7.47. The highest BCUT2D eigenvalue weighted by Crippen LogP contribution is 2.26. The van der Waals surface area contributed by atoms with Crippen molar-refractivity contribution in [2.75, 3.05) is 11.9 Å². The molecule has 3 heterocycles. The molecule has 36 heavy (non-hydrogen) atoms. The van der Waals surface area contributed by atoms with E-state index in [9.17, 15) is 13.2 Å². The number of para-hydroxylation sites is 1. The number of carbonyl (C=O) groups excluding carboxylic acids is 1. The zero-order chi connectivity index (χ0) is 25.7. The second-order valence-electron chi connectivity index (χ2n) is 7.61. The van der Waals surface area contributed by atoms with Crippen LogP contribution in [0, 0.1) is 6.92 Å². The standard InChI is InChI=1S/C25H22ClN5O4S/c1-3-35-22-15-16(2)14-20(29-22)19-12-11-18(23(26)30-19)25(32)31-36(33,34)21-10-7-13-27-24(21)28-17-8-5-4-6-9-17/h4-15H,3H2,1-2H3,(H,27,28)(H,31,32). The first-order chi connectivity index (χ1) is 17.3. The Bertz CT molecular complexity index is 1510. The summed E-state index contributed by atoms with van der Waals surface area (Å²) in [6, 6.07) is 18.3. The van der Waals surface area contributed by atoms with Crippen LogP contribution in [0.1, 0.15) is 22.8 Å². The smallest absolute Gasteiger partial charge is 0.268 e. The van der Waals surface area contributed by atoms with E-state index in [1.54, 1.807) is 36.4 Å². The molecule has 0 aliphatic carbocycles. The molecular formula is C25H22ClN5O4S. The van der Waals surface area contributed by atoms with Crippen molar-refractivity contribution < 1.29 is 17.9 Å². The second kappa shape index (κ2) is 10.7. The van der Waals surface area contributed by atoms with Crippen LogP contribution in [-0.4, -0.2) is 35.9 Å². The molecule has 0 bridgehead atoms. The van der Waals surface area contributed by atoms with Crippen molar-refractivity contribution in [3.05, 3.63) is 89.2 Å². The molecule has 0 unspecified atom stereocenters. The third-order valence-corrected chi connectivity index (χ3v) is 6.57. The van der Waals surface area contributed by atoms with Gasteiger partial charge in [-0.25, -0.2) is 28.1 Å². The largest absolute Gasteiger partial charge is 0.478 e. The van der Waals surface area contributed by atoms with Gasteiger partial charge in [-0.2, -0.15) is 0 Å². The monoisotopic (exact) mass is 523 g/mol. The number of hydrogen-bond donors (Lipinski definition) is 2. The van der Waals surface area contributed by atoms with Crippen molar-refractivity contribution in [2.45, 2.75) is 18.7 Å². The minimum atomic E-state index is -4.29. The molecule has 2 N–H and O–H groups in total. The van der Waals surface area contributed by atoms with Crippen LogP contribution in [0.4, 0.5) is 11.5 Å². The van der Waals surface area contributed by atoms with Gasteiger partial charge in [0.25, 0.3) is 15.9 Å². The normalized spacial score (nSPS) is 11.1. The summed E-state index contributed by atoms with van der Waals surface area (Å²) >= 11 is 6.28. The van der Waals surface area contributed by atoms with Crippen molar-refractivity contribution in [3.63, 3.8) is 0 Å². The molecule has 0 atom stereocenters. The van der Waals surface area contributed by atoms with Crippen LogP contribution in [0.15, 0.2) is 77.8 Å². The first-order valence-corrected chi connectivity index (χ1v) is 12.8. The molecule has 0 spiro atoms. The number of nitrogens with one attached hydrogen (secondary N) is 2. The van der Waals surface area contributed by atoms with Gasteiger partial charge in [0.05, 0.1) is 23.6 Å². The number of pyridine rings is 3. The highest BCUT2D eigenvalue weighted by Gasteiger charge is 2.25. The number of aryl methyl sites for hydroxylation is 1. The second-order valence-corrected chi connectivity index (χ2v) is 9.62. The van der Waals surface area contributed by atoms with E-state index in [1.807, 2.05) is 24.6 Å². The van der Waals surface area contributed by atoms with Crippen molar-refractivity contribution >= 4 is 39.0 Å². The van der Waals surface area contributed by atoms with E-state index in [0.717, 1.165) is 5.56 Å². The van der Waals surface area contributed by atoms with Gasteiger partial charge < -0.3 is 10.1 Å². The zero-order valence-electron chi connectivity index (χ0n) is 19.4. The molecule has 0 radical (unpaired) electrons. The highest BCUT2D eigenvalue weighted by molar-refractivity contribution is 7.90. The maximum Gasteiger partial charge on any atom is 0.268 e. The van der Waals surface area contributed by atoms with Gasteiger partial charge in [0.2, 0.25) is 5.88 Å². The highest BCUT2D eigenvalue weighted by atomic mass is 35.5. The summed E-state index contributed by atoms with van der Waals surface area (Å²) in [6.07, 6.45) is 1.45. The number of halogens is 1. The topological polar surface area (TPSA) is 123 Å². The fourth-order valence-electron chi connectivity index (χ4n) is 3.33. The summed E-state index contributed by atoms with van der Waals surface area (Å²) in [6.45, 7) is 4.20. The van der Waals surface area contributed by atoms with Gasteiger partial charge in [0.1, 0.15) is 10.0 Å². The summed E-state index contributed by atoms with van der Waals surface area (Å²) in [5, 5.41) is 2.78.